The Balaban J connectivity index is 1.24. The van der Waals surface area contributed by atoms with Gasteiger partial charge in [-0.25, -0.2) is 10.2 Å². The second kappa shape index (κ2) is 16.4. The molecule has 0 radical (unpaired) electrons. The van der Waals surface area contributed by atoms with E-state index in [-0.39, 0.29) is 13.2 Å². The van der Waals surface area contributed by atoms with E-state index in [1.807, 2.05) is 43.3 Å². The molecule has 0 aromatic heterocycles. The first-order valence-corrected chi connectivity index (χ1v) is 16.8. The molecular formula is C36H35IN4O6S. The van der Waals surface area contributed by atoms with Crippen LogP contribution in [0.5, 0.6) is 17.2 Å². The lowest BCUT2D eigenvalue weighted by molar-refractivity contribution is -0.139. The van der Waals surface area contributed by atoms with Crippen molar-refractivity contribution >= 4 is 68.8 Å². The van der Waals surface area contributed by atoms with E-state index in [0.717, 1.165) is 19.9 Å². The summed E-state index contributed by atoms with van der Waals surface area (Å²) < 4.78 is 24.2. The zero-order valence-corrected chi connectivity index (χ0v) is 29.6. The van der Waals surface area contributed by atoms with Gasteiger partial charge in [-0.2, -0.15) is 5.10 Å². The summed E-state index contributed by atoms with van der Waals surface area (Å²) in [6, 6.07) is 24.6. The van der Waals surface area contributed by atoms with E-state index in [1.54, 1.807) is 32.0 Å². The van der Waals surface area contributed by atoms with Crippen molar-refractivity contribution in [3.05, 3.63) is 110 Å². The Morgan fingerprint density at radius 1 is 0.958 bits per heavy atom. The van der Waals surface area contributed by atoms with Gasteiger partial charge in [-0.05, 0) is 95.7 Å². The number of hydrogen-bond donors (Lipinski definition) is 3. The minimum atomic E-state index is -0.629. The highest BCUT2D eigenvalue weighted by Crippen LogP contribution is 2.36. The van der Waals surface area contributed by atoms with Gasteiger partial charge in [0, 0.05) is 11.3 Å². The van der Waals surface area contributed by atoms with E-state index in [1.165, 1.54) is 6.21 Å². The molecule has 0 spiro atoms. The highest BCUT2D eigenvalue weighted by molar-refractivity contribution is 14.1. The molecule has 1 aliphatic heterocycles. The second-order valence-corrected chi connectivity index (χ2v) is 12.2. The van der Waals surface area contributed by atoms with E-state index in [4.69, 9.17) is 31.2 Å². The molecule has 0 aliphatic carbocycles. The Labute approximate surface area is 298 Å². The number of carbonyl (C=O) groups is 2. The van der Waals surface area contributed by atoms with Gasteiger partial charge >= 0.3 is 5.97 Å². The van der Waals surface area contributed by atoms with Crippen LogP contribution in [0.3, 0.4) is 0 Å². The third-order valence-electron chi connectivity index (χ3n) is 7.34. The van der Waals surface area contributed by atoms with Gasteiger partial charge in [-0.1, -0.05) is 60.7 Å². The topological polar surface area (TPSA) is 120 Å². The first-order chi connectivity index (χ1) is 23.3. The highest BCUT2D eigenvalue weighted by atomic mass is 127. The van der Waals surface area contributed by atoms with Crippen LogP contribution in [-0.4, -0.2) is 43.0 Å². The molecule has 1 heterocycles. The first kappa shape index (κ1) is 34.6. The van der Waals surface area contributed by atoms with Crippen molar-refractivity contribution in [2.75, 3.05) is 19.8 Å². The molecular weight excluding hydrogens is 743 g/mol. The van der Waals surface area contributed by atoms with Gasteiger partial charge in [-0.3, -0.25) is 4.79 Å². The lowest BCUT2D eigenvalue weighted by Gasteiger charge is -2.30. The number of rotatable bonds is 13. The molecule has 4 aromatic rings. The molecule has 3 N–H and O–H groups in total. The maximum absolute atomic E-state index is 12.8. The average Bonchev–Trinajstić information content (AvgIpc) is 3.07. The van der Waals surface area contributed by atoms with Crippen LogP contribution < -0.4 is 30.3 Å². The largest absolute Gasteiger partial charge is 0.490 e. The number of allylic oxidation sites excluding steroid dienone is 1. The Bertz CT molecular complexity index is 1890. The van der Waals surface area contributed by atoms with Gasteiger partial charge in [0.15, 0.2) is 23.2 Å². The second-order valence-electron chi connectivity index (χ2n) is 10.6. The summed E-state index contributed by atoms with van der Waals surface area (Å²) in [6.07, 6.45) is 1.53. The standard InChI is InChI=1S/C36H35IN4O6S/c1-4-44-30-18-23(17-28(37)34(30)47-20-25-13-10-12-24-11-6-7-14-26(24)25)19-38-41-31(42)21-46-29-16-9-8-15-27(29)33-32(35(43)45-5-2)22(3)39-36(48)40-33/h6-19,33H,4-5,20-21H2,1-3H3,(H,41,42)(H2,39,40,48)/t33-/m1/s1. The molecule has 0 fully saturated rings. The van der Waals surface area contributed by atoms with E-state index in [0.29, 0.717) is 58.0 Å². The van der Waals surface area contributed by atoms with Crippen LogP contribution in [0, 0.1) is 3.57 Å². The van der Waals surface area contributed by atoms with Gasteiger partial charge in [0.1, 0.15) is 12.4 Å². The molecule has 48 heavy (non-hydrogen) atoms. The molecule has 248 valence electrons. The van der Waals surface area contributed by atoms with Crippen LogP contribution in [0.4, 0.5) is 0 Å². The minimum Gasteiger partial charge on any atom is -0.490 e. The number of esters is 1. The Kier molecular flexibility index (Phi) is 11.9. The summed E-state index contributed by atoms with van der Waals surface area (Å²) in [7, 11) is 0. The molecule has 0 unspecified atom stereocenters. The third kappa shape index (κ3) is 8.42. The molecule has 5 rings (SSSR count). The molecule has 1 amide bonds. The number of hydrazone groups is 1. The van der Waals surface area contributed by atoms with Crippen molar-refractivity contribution in [1.82, 2.24) is 16.1 Å². The number of nitrogens with zero attached hydrogens (tertiary/aromatic N) is 1. The van der Waals surface area contributed by atoms with Gasteiger partial charge < -0.3 is 29.6 Å². The number of halogens is 1. The maximum Gasteiger partial charge on any atom is 0.338 e. The fraction of sp³-hybridized carbons (Fsp3) is 0.222. The van der Waals surface area contributed by atoms with Gasteiger partial charge in [-0.15, -0.1) is 0 Å². The smallest absolute Gasteiger partial charge is 0.338 e. The van der Waals surface area contributed by atoms with Crippen LogP contribution >= 0.6 is 34.8 Å². The van der Waals surface area contributed by atoms with Crippen LogP contribution in [-0.2, 0) is 20.9 Å². The van der Waals surface area contributed by atoms with E-state index < -0.39 is 17.9 Å². The number of benzene rings is 4. The van der Waals surface area contributed by atoms with E-state index >= 15 is 0 Å². The summed E-state index contributed by atoms with van der Waals surface area (Å²) in [5.41, 5.74) is 5.88. The van der Waals surface area contributed by atoms with Crippen molar-refractivity contribution < 1.29 is 28.5 Å². The molecule has 12 heteroatoms. The van der Waals surface area contributed by atoms with Gasteiger partial charge in [0.25, 0.3) is 5.91 Å². The lowest BCUT2D eigenvalue weighted by atomic mass is 9.95. The van der Waals surface area contributed by atoms with Crippen molar-refractivity contribution in [2.45, 2.75) is 33.4 Å². The number of amides is 1. The number of nitrogens with one attached hydrogen (secondary N) is 3. The SMILES string of the molecule is CCOC(=O)C1=C(C)NC(=S)N[C@@H]1c1ccccc1OCC(=O)NN=Cc1cc(I)c(OCc2cccc3ccccc23)c(OCC)c1. The number of para-hydroxylation sites is 1. The van der Waals surface area contributed by atoms with Crippen LogP contribution in [0.1, 0.15) is 43.5 Å². The van der Waals surface area contributed by atoms with E-state index in [9.17, 15) is 9.59 Å². The Hall–Kier alpha value is -4.69. The fourth-order valence-electron chi connectivity index (χ4n) is 5.25. The Morgan fingerprint density at radius 3 is 2.54 bits per heavy atom. The average molecular weight is 779 g/mol. The normalized spacial score (nSPS) is 14.3. The maximum atomic E-state index is 12.8. The molecule has 1 aliphatic rings. The summed E-state index contributed by atoms with van der Waals surface area (Å²) >= 11 is 7.55. The van der Waals surface area contributed by atoms with Crippen LogP contribution in [0.25, 0.3) is 10.8 Å². The van der Waals surface area contributed by atoms with Gasteiger partial charge in [0.05, 0.1) is 34.6 Å². The van der Waals surface area contributed by atoms with Crippen molar-refractivity contribution in [2.24, 2.45) is 5.10 Å². The number of fused-ring (bicyclic) bond motifs is 1. The Morgan fingerprint density at radius 2 is 1.73 bits per heavy atom. The molecule has 1 atom stereocenters. The summed E-state index contributed by atoms with van der Waals surface area (Å²) in [4.78, 5) is 25.5. The number of ether oxygens (including phenoxy) is 4. The molecule has 0 saturated heterocycles. The van der Waals surface area contributed by atoms with Crippen molar-refractivity contribution in [3.63, 3.8) is 0 Å². The minimum absolute atomic E-state index is 0.224. The lowest BCUT2D eigenvalue weighted by Crippen LogP contribution is -2.45. The van der Waals surface area contributed by atoms with Crippen molar-refractivity contribution in [1.29, 1.82) is 0 Å². The highest BCUT2D eigenvalue weighted by Gasteiger charge is 2.32. The first-order valence-electron chi connectivity index (χ1n) is 15.3. The number of carbonyl (C=O) groups excluding carboxylic acids is 2. The summed E-state index contributed by atoms with van der Waals surface area (Å²) in [5.74, 6) is 0.676. The number of thiocarbonyl (C=S) groups is 1. The molecule has 0 saturated carbocycles. The summed E-state index contributed by atoms with van der Waals surface area (Å²) in [5, 5.41) is 12.9. The van der Waals surface area contributed by atoms with Crippen LogP contribution in [0.15, 0.2) is 95.2 Å². The fourth-order valence-corrected chi connectivity index (χ4v) is 6.30. The van der Waals surface area contributed by atoms with Crippen LogP contribution in [0.2, 0.25) is 0 Å². The quantitative estimate of drug-likeness (QED) is 0.0472. The monoisotopic (exact) mass is 778 g/mol. The van der Waals surface area contributed by atoms with E-state index in [2.05, 4.69) is 68.0 Å². The third-order valence-corrected chi connectivity index (χ3v) is 8.36. The molecule has 10 nitrogen and oxygen atoms in total. The molecule has 4 aromatic carbocycles. The predicted molar refractivity (Wildman–Crippen MR) is 197 cm³/mol. The zero-order chi connectivity index (χ0) is 34.0. The predicted octanol–water partition coefficient (Wildman–Crippen LogP) is 6.31. The zero-order valence-electron chi connectivity index (χ0n) is 26.7. The van der Waals surface area contributed by atoms with Crippen molar-refractivity contribution in [3.8, 4) is 17.2 Å². The number of hydrogen-bond acceptors (Lipinski definition) is 8. The molecule has 0 bridgehead atoms. The summed E-state index contributed by atoms with van der Waals surface area (Å²) in [6.45, 7) is 6.14. The van der Waals surface area contributed by atoms with Gasteiger partial charge in [0.2, 0.25) is 0 Å².